The van der Waals surface area contributed by atoms with Crippen LogP contribution in [-0.4, -0.2) is 9.97 Å². The molecule has 0 saturated heterocycles. The fraction of sp³-hybridized carbons (Fsp3) is 0.333. The summed E-state index contributed by atoms with van der Waals surface area (Å²) in [5.74, 6) is 0.268. The number of aryl methyl sites for hydroxylation is 1. The minimum Gasteiger partial charge on any atom is -0.233 e. The Morgan fingerprint density at radius 1 is 1.10 bits per heavy atom. The molecule has 1 aliphatic carbocycles. The van der Waals surface area contributed by atoms with Crippen LogP contribution in [0.1, 0.15) is 30.5 Å². The monoisotopic (exact) mass is 354 g/mol. The third-order valence-electron chi connectivity index (χ3n) is 3.55. The SMILES string of the molecule is Fc1ccc(-c2nc(Cl)c3c(n2)CCCCC3)c(Br)c1. The van der Waals surface area contributed by atoms with Crippen molar-refractivity contribution in [1.82, 2.24) is 9.97 Å². The van der Waals surface area contributed by atoms with Crippen LogP contribution in [0, 0.1) is 5.82 Å². The molecule has 5 heteroatoms. The average Bonchev–Trinajstić information content (AvgIpc) is 2.64. The van der Waals surface area contributed by atoms with Gasteiger partial charge in [-0.1, -0.05) is 18.0 Å². The van der Waals surface area contributed by atoms with E-state index in [9.17, 15) is 4.39 Å². The lowest BCUT2D eigenvalue weighted by molar-refractivity contribution is 0.627. The molecule has 2 nitrogen and oxygen atoms in total. The molecule has 1 aromatic carbocycles. The van der Waals surface area contributed by atoms with Crippen molar-refractivity contribution in [3.63, 3.8) is 0 Å². The number of benzene rings is 1. The molecule has 1 aliphatic rings. The number of hydrogen-bond donors (Lipinski definition) is 0. The summed E-state index contributed by atoms with van der Waals surface area (Å²) in [5, 5.41) is 0.531. The molecule has 2 aromatic rings. The topological polar surface area (TPSA) is 25.8 Å². The molecule has 0 fully saturated rings. The van der Waals surface area contributed by atoms with Gasteiger partial charge in [0, 0.05) is 21.3 Å². The quantitative estimate of drug-likeness (QED) is 0.533. The van der Waals surface area contributed by atoms with Crippen molar-refractivity contribution in [3.05, 3.63) is 44.9 Å². The predicted molar refractivity (Wildman–Crippen MR) is 81.4 cm³/mol. The highest BCUT2D eigenvalue weighted by Crippen LogP contribution is 2.31. The van der Waals surface area contributed by atoms with E-state index < -0.39 is 0 Å². The van der Waals surface area contributed by atoms with Crippen molar-refractivity contribution < 1.29 is 4.39 Å². The molecule has 0 radical (unpaired) electrons. The number of rotatable bonds is 1. The smallest absolute Gasteiger partial charge is 0.162 e. The number of aromatic nitrogens is 2. The molecule has 0 amide bonds. The van der Waals surface area contributed by atoms with Crippen LogP contribution in [0.3, 0.4) is 0 Å². The normalized spacial score (nSPS) is 14.8. The summed E-state index contributed by atoms with van der Waals surface area (Å²) in [4.78, 5) is 9.04. The van der Waals surface area contributed by atoms with Gasteiger partial charge in [0.2, 0.25) is 0 Å². The van der Waals surface area contributed by atoms with Gasteiger partial charge in [0.15, 0.2) is 5.82 Å². The van der Waals surface area contributed by atoms with Crippen molar-refractivity contribution >= 4 is 27.5 Å². The van der Waals surface area contributed by atoms with E-state index >= 15 is 0 Å². The Hall–Kier alpha value is -1.00. The lowest BCUT2D eigenvalue weighted by Crippen LogP contribution is -2.02. The van der Waals surface area contributed by atoms with E-state index in [0.29, 0.717) is 15.5 Å². The van der Waals surface area contributed by atoms with Gasteiger partial charge in [-0.05, 0) is 59.8 Å². The summed E-state index contributed by atoms with van der Waals surface area (Å²) in [6.45, 7) is 0. The maximum atomic E-state index is 13.2. The Morgan fingerprint density at radius 3 is 2.70 bits per heavy atom. The second-order valence-electron chi connectivity index (χ2n) is 4.95. The van der Waals surface area contributed by atoms with Crippen LogP contribution in [0.4, 0.5) is 4.39 Å². The van der Waals surface area contributed by atoms with Crippen molar-refractivity contribution in [3.8, 4) is 11.4 Å². The highest BCUT2D eigenvalue weighted by molar-refractivity contribution is 9.10. The van der Waals surface area contributed by atoms with E-state index in [2.05, 4.69) is 25.9 Å². The summed E-state index contributed by atoms with van der Waals surface area (Å²) < 4.78 is 13.8. The van der Waals surface area contributed by atoms with Crippen LogP contribution in [-0.2, 0) is 12.8 Å². The zero-order valence-electron chi connectivity index (χ0n) is 10.8. The molecule has 0 atom stereocenters. The minimum absolute atomic E-state index is 0.290. The maximum Gasteiger partial charge on any atom is 0.162 e. The second kappa shape index (κ2) is 5.78. The molecule has 0 unspecified atom stereocenters. The molecule has 0 saturated carbocycles. The minimum atomic E-state index is -0.290. The van der Waals surface area contributed by atoms with Gasteiger partial charge in [-0.15, -0.1) is 0 Å². The largest absolute Gasteiger partial charge is 0.233 e. The summed E-state index contributed by atoms with van der Waals surface area (Å²) in [5.41, 5.74) is 2.88. The van der Waals surface area contributed by atoms with Crippen LogP contribution in [0.5, 0.6) is 0 Å². The van der Waals surface area contributed by atoms with Gasteiger partial charge in [-0.25, -0.2) is 14.4 Å². The van der Waals surface area contributed by atoms with Crippen molar-refractivity contribution in [1.29, 1.82) is 0 Å². The third-order valence-corrected chi connectivity index (χ3v) is 4.52. The Labute approximate surface area is 130 Å². The molecule has 104 valence electrons. The Balaban J connectivity index is 2.11. The number of nitrogens with zero attached hydrogens (tertiary/aromatic N) is 2. The van der Waals surface area contributed by atoms with Crippen molar-refractivity contribution in [2.45, 2.75) is 32.1 Å². The zero-order chi connectivity index (χ0) is 14.1. The van der Waals surface area contributed by atoms with Gasteiger partial charge in [-0.3, -0.25) is 0 Å². The van der Waals surface area contributed by atoms with E-state index in [-0.39, 0.29) is 5.82 Å². The van der Waals surface area contributed by atoms with E-state index in [4.69, 9.17) is 11.6 Å². The van der Waals surface area contributed by atoms with Crippen molar-refractivity contribution in [2.75, 3.05) is 0 Å². The Kier molecular flexibility index (Phi) is 4.03. The van der Waals surface area contributed by atoms with Crippen LogP contribution >= 0.6 is 27.5 Å². The number of halogens is 3. The van der Waals surface area contributed by atoms with Crippen LogP contribution in [0.2, 0.25) is 5.15 Å². The van der Waals surface area contributed by atoms with Crippen LogP contribution in [0.15, 0.2) is 22.7 Å². The Morgan fingerprint density at radius 2 is 1.90 bits per heavy atom. The van der Waals surface area contributed by atoms with Gasteiger partial charge in [-0.2, -0.15) is 0 Å². The van der Waals surface area contributed by atoms with Crippen LogP contribution in [0.25, 0.3) is 11.4 Å². The molecule has 20 heavy (non-hydrogen) atoms. The summed E-state index contributed by atoms with van der Waals surface area (Å²) in [6, 6.07) is 4.50. The lowest BCUT2D eigenvalue weighted by Gasteiger charge is -2.10. The molecule has 3 rings (SSSR count). The molecule has 0 bridgehead atoms. The van der Waals surface area contributed by atoms with Gasteiger partial charge in [0.05, 0.1) is 0 Å². The van der Waals surface area contributed by atoms with Gasteiger partial charge < -0.3 is 0 Å². The number of fused-ring (bicyclic) bond motifs is 1. The van der Waals surface area contributed by atoms with Crippen molar-refractivity contribution in [2.24, 2.45) is 0 Å². The molecular weight excluding hydrogens is 343 g/mol. The number of hydrogen-bond acceptors (Lipinski definition) is 2. The predicted octanol–water partition coefficient (Wildman–Crippen LogP) is 4.97. The van der Waals surface area contributed by atoms with E-state index in [1.54, 1.807) is 6.07 Å². The molecule has 1 heterocycles. The highest BCUT2D eigenvalue weighted by atomic mass is 79.9. The van der Waals surface area contributed by atoms with Gasteiger partial charge >= 0.3 is 0 Å². The Bertz CT molecular complexity index is 661. The summed E-state index contributed by atoms with van der Waals surface area (Å²) in [6.07, 6.45) is 5.34. The lowest BCUT2D eigenvalue weighted by atomic mass is 10.1. The first kappa shape index (κ1) is 14.0. The first-order valence-corrected chi connectivity index (χ1v) is 7.83. The highest BCUT2D eigenvalue weighted by Gasteiger charge is 2.17. The standard InChI is InChI=1S/C15H13BrClFN2/c16-12-8-9(18)6-7-10(12)15-19-13-5-3-1-2-4-11(13)14(17)20-15/h6-8H,1-5H2. The third kappa shape index (κ3) is 2.72. The fourth-order valence-corrected chi connectivity index (χ4v) is 3.33. The van der Waals surface area contributed by atoms with Gasteiger partial charge in [0.1, 0.15) is 11.0 Å². The second-order valence-corrected chi connectivity index (χ2v) is 6.16. The van der Waals surface area contributed by atoms with Crippen LogP contribution < -0.4 is 0 Å². The van der Waals surface area contributed by atoms with E-state index in [0.717, 1.165) is 42.5 Å². The molecule has 1 aromatic heterocycles. The first-order valence-electron chi connectivity index (χ1n) is 6.66. The van der Waals surface area contributed by atoms with E-state index in [1.165, 1.54) is 18.6 Å². The molecule has 0 spiro atoms. The average molecular weight is 356 g/mol. The maximum absolute atomic E-state index is 13.2. The molecule has 0 N–H and O–H groups in total. The van der Waals surface area contributed by atoms with Gasteiger partial charge in [0.25, 0.3) is 0 Å². The first-order chi connectivity index (χ1) is 9.65. The molecular formula is C15H13BrClFN2. The summed E-state index contributed by atoms with van der Waals surface area (Å²) in [7, 11) is 0. The fourth-order valence-electron chi connectivity index (χ4n) is 2.52. The summed E-state index contributed by atoms with van der Waals surface area (Å²) >= 11 is 9.67. The zero-order valence-corrected chi connectivity index (χ0v) is 13.1. The van der Waals surface area contributed by atoms with E-state index in [1.807, 2.05) is 0 Å². The molecule has 0 aliphatic heterocycles.